The zero-order valence-electron chi connectivity index (χ0n) is 9.54. The Morgan fingerprint density at radius 1 is 1.39 bits per heavy atom. The highest BCUT2D eigenvalue weighted by Gasteiger charge is 2.40. The number of piperidine rings is 1. The van der Waals surface area contributed by atoms with Crippen LogP contribution in [0.4, 0.5) is 0 Å². The van der Waals surface area contributed by atoms with Crippen molar-refractivity contribution in [1.82, 2.24) is 4.90 Å². The number of hydrogen-bond donors (Lipinski definition) is 3. The lowest BCUT2D eigenvalue weighted by Gasteiger charge is -2.32. The molecule has 8 nitrogen and oxygen atoms in total. The van der Waals surface area contributed by atoms with E-state index in [1.165, 1.54) is 0 Å². The Kier molecular flexibility index (Phi) is 4.38. The molecule has 1 saturated heterocycles. The highest BCUT2D eigenvalue weighted by Crippen LogP contribution is 2.18. The summed E-state index contributed by atoms with van der Waals surface area (Å²) in [6.45, 7) is 0. The molecule has 0 aromatic heterocycles. The molecular formula is C10H14N2O6. The number of rotatable bonds is 5. The van der Waals surface area contributed by atoms with Crippen LogP contribution in [0.1, 0.15) is 25.7 Å². The quantitative estimate of drug-likeness (QED) is 0.525. The van der Waals surface area contributed by atoms with Crippen molar-refractivity contribution >= 4 is 23.8 Å². The maximum absolute atomic E-state index is 11.7. The lowest BCUT2D eigenvalue weighted by Crippen LogP contribution is -2.57. The van der Waals surface area contributed by atoms with Gasteiger partial charge in [-0.05, 0) is 12.8 Å². The highest BCUT2D eigenvalue weighted by atomic mass is 16.4. The third kappa shape index (κ3) is 3.04. The second-order valence-corrected chi connectivity index (χ2v) is 4.03. The van der Waals surface area contributed by atoms with E-state index in [2.05, 4.69) is 0 Å². The van der Waals surface area contributed by atoms with E-state index in [1.807, 2.05) is 0 Å². The molecule has 0 saturated carbocycles. The van der Waals surface area contributed by atoms with Crippen molar-refractivity contribution in [2.24, 2.45) is 5.73 Å². The van der Waals surface area contributed by atoms with Crippen molar-refractivity contribution in [2.45, 2.75) is 37.8 Å². The Morgan fingerprint density at radius 2 is 2.00 bits per heavy atom. The van der Waals surface area contributed by atoms with Gasteiger partial charge in [0.25, 0.3) is 0 Å². The van der Waals surface area contributed by atoms with Crippen molar-refractivity contribution in [2.75, 3.05) is 0 Å². The Morgan fingerprint density at radius 3 is 2.50 bits per heavy atom. The van der Waals surface area contributed by atoms with E-state index in [0.29, 0.717) is 4.90 Å². The number of carboxylic acids is 2. The molecule has 2 amide bonds. The minimum Gasteiger partial charge on any atom is -0.481 e. The van der Waals surface area contributed by atoms with Gasteiger partial charge in [0, 0.05) is 12.8 Å². The van der Waals surface area contributed by atoms with Crippen LogP contribution in [0.3, 0.4) is 0 Å². The molecule has 2 atom stereocenters. The van der Waals surface area contributed by atoms with Gasteiger partial charge in [-0.25, -0.2) is 4.79 Å². The first-order valence-corrected chi connectivity index (χ1v) is 5.40. The fraction of sp³-hybridized carbons (Fsp3) is 0.600. The topological polar surface area (TPSA) is 138 Å². The molecule has 8 heteroatoms. The minimum atomic E-state index is -1.47. The summed E-state index contributed by atoms with van der Waals surface area (Å²) in [6.07, 6.45) is -0.596. The first-order valence-electron chi connectivity index (χ1n) is 5.40. The Balaban J connectivity index is 2.88. The van der Waals surface area contributed by atoms with E-state index in [-0.39, 0.29) is 19.3 Å². The van der Waals surface area contributed by atoms with E-state index in [0.717, 1.165) is 0 Å². The fourth-order valence-corrected chi connectivity index (χ4v) is 1.78. The predicted octanol–water partition coefficient (Wildman–Crippen LogP) is -1.22. The van der Waals surface area contributed by atoms with Gasteiger partial charge in [0.2, 0.25) is 11.8 Å². The van der Waals surface area contributed by atoms with Gasteiger partial charge in [0.05, 0.1) is 6.04 Å². The molecule has 4 N–H and O–H groups in total. The van der Waals surface area contributed by atoms with E-state index < -0.39 is 42.3 Å². The predicted molar refractivity (Wildman–Crippen MR) is 57.4 cm³/mol. The number of aliphatic carboxylic acids is 2. The van der Waals surface area contributed by atoms with Gasteiger partial charge in [-0.15, -0.1) is 0 Å². The van der Waals surface area contributed by atoms with Crippen molar-refractivity contribution in [3.63, 3.8) is 0 Å². The van der Waals surface area contributed by atoms with E-state index in [9.17, 15) is 19.2 Å². The maximum Gasteiger partial charge on any atom is 0.326 e. The van der Waals surface area contributed by atoms with Crippen LogP contribution in [0, 0.1) is 0 Å². The summed E-state index contributed by atoms with van der Waals surface area (Å²) in [6, 6.07) is -2.37. The molecule has 18 heavy (non-hydrogen) atoms. The third-order valence-corrected chi connectivity index (χ3v) is 2.72. The summed E-state index contributed by atoms with van der Waals surface area (Å²) in [5.74, 6) is -3.99. The van der Waals surface area contributed by atoms with E-state index in [1.54, 1.807) is 0 Å². The second kappa shape index (κ2) is 5.58. The van der Waals surface area contributed by atoms with Gasteiger partial charge < -0.3 is 15.9 Å². The van der Waals surface area contributed by atoms with Gasteiger partial charge in [-0.3, -0.25) is 19.3 Å². The number of hydrogen-bond acceptors (Lipinski definition) is 5. The van der Waals surface area contributed by atoms with Gasteiger partial charge >= 0.3 is 11.9 Å². The number of likely N-dealkylation sites (tertiary alicyclic amines) is 1. The number of amides is 2. The lowest BCUT2D eigenvalue weighted by molar-refractivity contribution is -0.162. The van der Waals surface area contributed by atoms with E-state index in [4.69, 9.17) is 15.9 Å². The molecule has 0 spiro atoms. The first-order chi connectivity index (χ1) is 8.34. The number of nitrogens with zero attached hydrogens (tertiary/aromatic N) is 1. The number of nitrogens with two attached hydrogens (primary N) is 1. The fourth-order valence-electron chi connectivity index (χ4n) is 1.78. The Bertz CT molecular complexity index is 394. The van der Waals surface area contributed by atoms with Crippen LogP contribution in [0.15, 0.2) is 0 Å². The van der Waals surface area contributed by atoms with Crippen LogP contribution < -0.4 is 5.73 Å². The molecular weight excluding hydrogens is 244 g/mol. The first kappa shape index (κ1) is 14.1. The molecule has 1 fully saturated rings. The SMILES string of the molecule is NC1CCC(=O)N(C(CCC(=O)O)C(=O)O)C1=O. The maximum atomic E-state index is 11.7. The largest absolute Gasteiger partial charge is 0.481 e. The smallest absolute Gasteiger partial charge is 0.326 e. The zero-order valence-corrected chi connectivity index (χ0v) is 9.54. The van der Waals surface area contributed by atoms with Gasteiger partial charge in [-0.1, -0.05) is 0 Å². The van der Waals surface area contributed by atoms with Crippen LogP contribution in [0.25, 0.3) is 0 Å². The third-order valence-electron chi connectivity index (χ3n) is 2.72. The van der Waals surface area contributed by atoms with Gasteiger partial charge in [0.15, 0.2) is 0 Å². The average Bonchev–Trinajstić information content (AvgIpc) is 2.27. The van der Waals surface area contributed by atoms with Crippen LogP contribution in [0.2, 0.25) is 0 Å². The average molecular weight is 258 g/mol. The zero-order chi connectivity index (χ0) is 13.9. The number of imide groups is 1. The monoisotopic (exact) mass is 258 g/mol. The molecule has 2 unspecified atom stereocenters. The molecule has 1 aliphatic rings. The van der Waals surface area contributed by atoms with E-state index >= 15 is 0 Å². The molecule has 0 aromatic rings. The highest BCUT2D eigenvalue weighted by molar-refractivity contribution is 6.03. The molecule has 0 aliphatic carbocycles. The van der Waals surface area contributed by atoms with Crippen molar-refractivity contribution in [3.05, 3.63) is 0 Å². The summed E-state index contributed by atoms with van der Waals surface area (Å²) in [7, 11) is 0. The molecule has 0 bridgehead atoms. The van der Waals surface area contributed by atoms with Crippen LogP contribution in [-0.4, -0.2) is 50.9 Å². The lowest BCUT2D eigenvalue weighted by atomic mass is 10.0. The van der Waals surface area contributed by atoms with Gasteiger partial charge in [0.1, 0.15) is 6.04 Å². The van der Waals surface area contributed by atoms with Gasteiger partial charge in [-0.2, -0.15) is 0 Å². The molecule has 0 aromatic carbocycles. The summed E-state index contributed by atoms with van der Waals surface area (Å²) in [5.41, 5.74) is 5.47. The normalized spacial score (nSPS) is 21.8. The minimum absolute atomic E-state index is 0.0102. The Hall–Kier alpha value is -1.96. The molecule has 1 aliphatic heterocycles. The number of carboxylic acid groups (broad SMARTS) is 2. The van der Waals surface area contributed by atoms with Crippen LogP contribution >= 0.6 is 0 Å². The van der Waals surface area contributed by atoms with Crippen LogP contribution in [0.5, 0.6) is 0 Å². The summed E-state index contributed by atoms with van der Waals surface area (Å²) < 4.78 is 0. The number of carbonyl (C=O) groups excluding carboxylic acids is 2. The summed E-state index contributed by atoms with van der Waals surface area (Å²) in [4.78, 5) is 45.3. The van der Waals surface area contributed by atoms with Crippen molar-refractivity contribution in [1.29, 1.82) is 0 Å². The van der Waals surface area contributed by atoms with Crippen LogP contribution in [-0.2, 0) is 19.2 Å². The Labute approximate surface area is 102 Å². The van der Waals surface area contributed by atoms with Crippen molar-refractivity contribution < 1.29 is 29.4 Å². The number of carbonyl (C=O) groups is 4. The molecule has 1 heterocycles. The molecule has 100 valence electrons. The second-order valence-electron chi connectivity index (χ2n) is 4.03. The molecule has 0 radical (unpaired) electrons. The molecule has 1 rings (SSSR count). The summed E-state index contributed by atoms with van der Waals surface area (Å²) >= 11 is 0. The summed E-state index contributed by atoms with van der Waals surface area (Å²) in [5, 5.41) is 17.5. The van der Waals surface area contributed by atoms with Crippen molar-refractivity contribution in [3.8, 4) is 0 Å². The standard InChI is InChI=1S/C10H14N2O6/c11-5-1-3-7(13)12(9(5)16)6(10(17)18)2-4-8(14)15/h5-6H,1-4,11H2,(H,14,15)(H,17,18).